The van der Waals surface area contributed by atoms with E-state index in [4.69, 9.17) is 19.9 Å². The van der Waals surface area contributed by atoms with E-state index >= 15 is 0 Å². The standard InChI is InChI=1S/C19H25NO3/c1-3-15-6-8-16(9-7-15)22-12-4-5-13-23-19-11-10-17(21-2)14-18(19)20/h6-11,14H,3-5,12-13,20H2,1-2H3. The van der Waals surface area contributed by atoms with E-state index in [1.54, 1.807) is 13.2 Å². The van der Waals surface area contributed by atoms with E-state index < -0.39 is 0 Å². The van der Waals surface area contributed by atoms with Gasteiger partial charge < -0.3 is 19.9 Å². The molecule has 0 bridgehead atoms. The highest BCUT2D eigenvalue weighted by Gasteiger charge is 2.02. The average molecular weight is 315 g/mol. The minimum atomic E-state index is 0.594. The molecule has 124 valence electrons. The highest BCUT2D eigenvalue weighted by molar-refractivity contribution is 5.56. The molecule has 0 saturated carbocycles. The molecule has 2 N–H and O–H groups in total. The topological polar surface area (TPSA) is 53.7 Å². The van der Waals surface area contributed by atoms with Crippen molar-refractivity contribution in [3.63, 3.8) is 0 Å². The first-order valence-electron chi connectivity index (χ1n) is 8.01. The number of nitrogen functional groups attached to an aromatic ring is 1. The molecule has 4 nitrogen and oxygen atoms in total. The van der Waals surface area contributed by atoms with Crippen molar-refractivity contribution < 1.29 is 14.2 Å². The molecule has 0 saturated heterocycles. The predicted molar refractivity (Wildman–Crippen MR) is 93.5 cm³/mol. The van der Waals surface area contributed by atoms with Crippen LogP contribution in [0.15, 0.2) is 42.5 Å². The quantitative estimate of drug-likeness (QED) is 0.559. The number of anilines is 1. The van der Waals surface area contributed by atoms with Crippen LogP contribution in [-0.4, -0.2) is 20.3 Å². The van der Waals surface area contributed by atoms with Gasteiger partial charge in [0.05, 0.1) is 26.0 Å². The fourth-order valence-corrected chi connectivity index (χ4v) is 2.18. The number of hydrogen-bond donors (Lipinski definition) is 1. The molecule has 2 rings (SSSR count). The lowest BCUT2D eigenvalue weighted by molar-refractivity contribution is 0.267. The van der Waals surface area contributed by atoms with Crippen LogP contribution in [0.1, 0.15) is 25.3 Å². The van der Waals surface area contributed by atoms with Crippen molar-refractivity contribution in [1.82, 2.24) is 0 Å². The Morgan fingerprint density at radius 3 is 2.13 bits per heavy atom. The Bertz CT molecular complexity index is 596. The normalized spacial score (nSPS) is 10.3. The molecule has 2 aromatic rings. The first kappa shape index (κ1) is 17.0. The molecule has 0 fully saturated rings. The maximum Gasteiger partial charge on any atom is 0.142 e. The van der Waals surface area contributed by atoms with Crippen LogP contribution in [0, 0.1) is 0 Å². The molecule has 0 unspecified atom stereocenters. The molecule has 2 aromatic carbocycles. The van der Waals surface area contributed by atoms with E-state index in [0.717, 1.165) is 30.8 Å². The first-order valence-corrected chi connectivity index (χ1v) is 8.01. The lowest BCUT2D eigenvalue weighted by atomic mass is 10.2. The van der Waals surface area contributed by atoms with Crippen LogP contribution in [0.4, 0.5) is 5.69 Å². The summed E-state index contributed by atoms with van der Waals surface area (Å²) in [5, 5.41) is 0. The summed E-state index contributed by atoms with van der Waals surface area (Å²) in [6.07, 6.45) is 2.90. The van der Waals surface area contributed by atoms with Crippen LogP contribution in [0.3, 0.4) is 0 Å². The highest BCUT2D eigenvalue weighted by atomic mass is 16.5. The van der Waals surface area contributed by atoms with Gasteiger partial charge in [0.1, 0.15) is 17.2 Å². The average Bonchev–Trinajstić information content (AvgIpc) is 2.59. The van der Waals surface area contributed by atoms with Gasteiger partial charge in [0, 0.05) is 6.07 Å². The second-order valence-electron chi connectivity index (χ2n) is 5.31. The summed E-state index contributed by atoms with van der Waals surface area (Å²) >= 11 is 0. The van der Waals surface area contributed by atoms with Crippen LogP contribution in [0.5, 0.6) is 17.2 Å². The zero-order valence-corrected chi connectivity index (χ0v) is 13.9. The Kier molecular flexibility index (Phi) is 6.60. The lowest BCUT2D eigenvalue weighted by Crippen LogP contribution is -2.04. The Morgan fingerprint density at radius 2 is 1.52 bits per heavy atom. The fraction of sp³-hybridized carbons (Fsp3) is 0.368. The third kappa shape index (κ3) is 5.40. The molecule has 0 radical (unpaired) electrons. The number of aryl methyl sites for hydroxylation is 1. The maximum absolute atomic E-state index is 5.91. The summed E-state index contributed by atoms with van der Waals surface area (Å²) in [4.78, 5) is 0. The number of hydrogen-bond acceptors (Lipinski definition) is 4. The summed E-state index contributed by atoms with van der Waals surface area (Å²) in [6.45, 7) is 3.45. The van der Waals surface area contributed by atoms with Gasteiger partial charge in [-0.2, -0.15) is 0 Å². The van der Waals surface area contributed by atoms with Crippen LogP contribution >= 0.6 is 0 Å². The second-order valence-corrected chi connectivity index (χ2v) is 5.31. The fourth-order valence-electron chi connectivity index (χ4n) is 2.18. The maximum atomic E-state index is 5.91. The third-order valence-corrected chi connectivity index (χ3v) is 3.61. The van der Waals surface area contributed by atoms with E-state index in [1.165, 1.54) is 5.56 Å². The van der Waals surface area contributed by atoms with Crippen LogP contribution in [0.2, 0.25) is 0 Å². The van der Waals surface area contributed by atoms with Crippen LogP contribution in [-0.2, 0) is 6.42 Å². The van der Waals surface area contributed by atoms with Crippen molar-refractivity contribution in [3.05, 3.63) is 48.0 Å². The number of ether oxygens (including phenoxy) is 3. The number of nitrogens with two attached hydrogens (primary N) is 1. The number of unbranched alkanes of at least 4 members (excludes halogenated alkanes) is 1. The largest absolute Gasteiger partial charge is 0.497 e. The second kappa shape index (κ2) is 8.93. The van der Waals surface area contributed by atoms with Crippen LogP contribution < -0.4 is 19.9 Å². The predicted octanol–water partition coefficient (Wildman–Crippen LogP) is 4.08. The van der Waals surface area contributed by atoms with Crippen molar-refractivity contribution >= 4 is 5.69 Å². The molecule has 0 spiro atoms. The number of benzene rings is 2. The van der Waals surface area contributed by atoms with E-state index in [9.17, 15) is 0 Å². The minimum absolute atomic E-state index is 0.594. The van der Waals surface area contributed by atoms with E-state index in [-0.39, 0.29) is 0 Å². The molecule has 23 heavy (non-hydrogen) atoms. The molecule has 0 atom stereocenters. The van der Waals surface area contributed by atoms with Crippen molar-refractivity contribution in [2.75, 3.05) is 26.1 Å². The van der Waals surface area contributed by atoms with Gasteiger partial charge in [0.15, 0.2) is 0 Å². The molecule has 0 aromatic heterocycles. The molecular formula is C19H25NO3. The lowest BCUT2D eigenvalue weighted by Gasteiger charge is -2.10. The van der Waals surface area contributed by atoms with E-state index in [0.29, 0.717) is 24.7 Å². The van der Waals surface area contributed by atoms with Crippen molar-refractivity contribution in [1.29, 1.82) is 0 Å². The van der Waals surface area contributed by atoms with Gasteiger partial charge in [0.2, 0.25) is 0 Å². The smallest absolute Gasteiger partial charge is 0.142 e. The monoisotopic (exact) mass is 315 g/mol. The van der Waals surface area contributed by atoms with Gasteiger partial charge in [0.25, 0.3) is 0 Å². The molecule has 0 aliphatic carbocycles. The summed E-state index contributed by atoms with van der Waals surface area (Å²) in [5.41, 5.74) is 7.82. The van der Waals surface area contributed by atoms with Gasteiger partial charge in [-0.25, -0.2) is 0 Å². The van der Waals surface area contributed by atoms with Crippen molar-refractivity contribution in [2.24, 2.45) is 0 Å². The molecule has 4 heteroatoms. The molecular weight excluding hydrogens is 290 g/mol. The van der Waals surface area contributed by atoms with E-state index in [2.05, 4.69) is 19.1 Å². The van der Waals surface area contributed by atoms with Crippen LogP contribution in [0.25, 0.3) is 0 Å². The van der Waals surface area contributed by atoms with E-state index in [1.807, 2.05) is 24.3 Å². The van der Waals surface area contributed by atoms with Gasteiger partial charge >= 0.3 is 0 Å². The number of rotatable bonds is 9. The zero-order valence-electron chi connectivity index (χ0n) is 13.9. The minimum Gasteiger partial charge on any atom is -0.497 e. The van der Waals surface area contributed by atoms with Crippen molar-refractivity contribution in [2.45, 2.75) is 26.2 Å². The number of methoxy groups -OCH3 is 1. The molecule has 0 heterocycles. The molecule has 0 aliphatic rings. The zero-order chi connectivity index (χ0) is 16.5. The van der Waals surface area contributed by atoms with Gasteiger partial charge in [-0.3, -0.25) is 0 Å². The Morgan fingerprint density at radius 1 is 0.870 bits per heavy atom. The van der Waals surface area contributed by atoms with Gasteiger partial charge in [-0.1, -0.05) is 19.1 Å². The summed E-state index contributed by atoms with van der Waals surface area (Å²) in [7, 11) is 1.62. The first-order chi connectivity index (χ1) is 11.2. The van der Waals surface area contributed by atoms with Gasteiger partial charge in [-0.05, 0) is 49.1 Å². The highest BCUT2D eigenvalue weighted by Crippen LogP contribution is 2.26. The molecule has 0 aliphatic heterocycles. The van der Waals surface area contributed by atoms with Crippen molar-refractivity contribution in [3.8, 4) is 17.2 Å². The Labute approximate surface area is 138 Å². The Hall–Kier alpha value is -2.36. The summed E-state index contributed by atoms with van der Waals surface area (Å²) < 4.78 is 16.5. The molecule has 0 amide bonds. The Balaban J connectivity index is 1.63. The van der Waals surface area contributed by atoms with Gasteiger partial charge in [-0.15, -0.1) is 0 Å². The summed E-state index contributed by atoms with van der Waals surface area (Å²) in [6, 6.07) is 13.7. The summed E-state index contributed by atoms with van der Waals surface area (Å²) in [5.74, 6) is 2.35. The SMILES string of the molecule is CCc1ccc(OCCCCOc2ccc(OC)cc2N)cc1. The third-order valence-electron chi connectivity index (χ3n) is 3.61.